The molecule has 2 aromatic rings. The van der Waals surface area contributed by atoms with E-state index in [1.165, 1.54) is 23.5 Å². The highest BCUT2D eigenvalue weighted by Crippen LogP contribution is 2.40. The van der Waals surface area contributed by atoms with Gasteiger partial charge in [0.1, 0.15) is 25.1 Å². The van der Waals surface area contributed by atoms with Crippen LogP contribution in [0.1, 0.15) is 12.7 Å². The van der Waals surface area contributed by atoms with Gasteiger partial charge in [0.15, 0.2) is 11.3 Å². The lowest BCUT2D eigenvalue weighted by atomic mass is 10.0. The summed E-state index contributed by atoms with van der Waals surface area (Å²) in [6.45, 7) is 1.88. The number of nitrogens with one attached hydrogen (secondary N) is 1. The average molecular weight is 676 g/mol. The molecule has 1 unspecified atom stereocenters. The van der Waals surface area contributed by atoms with Crippen LogP contribution in [0.4, 0.5) is 5.13 Å². The zero-order valence-electron chi connectivity index (χ0n) is 19.5. The molecule has 4 rings (SSSR count). The first-order chi connectivity index (χ1) is 17.3. The number of allylic oxidation sites excluding steroid dienone is 1. The summed E-state index contributed by atoms with van der Waals surface area (Å²) in [4.78, 5) is 47.9. The Labute approximate surface area is 241 Å². The molecule has 1 saturated heterocycles. The van der Waals surface area contributed by atoms with Crippen molar-refractivity contribution in [1.29, 1.82) is 0 Å². The number of hydrogen-bond acceptors (Lipinski definition) is 12. The maximum Gasteiger partial charge on any atom is 0.278 e. The number of carboxylic acid groups (broad SMARTS) is 1. The molecule has 2 amide bonds. The van der Waals surface area contributed by atoms with Crippen molar-refractivity contribution in [3.63, 3.8) is 0 Å². The molecule has 0 saturated carbocycles. The maximum atomic E-state index is 12.9. The van der Waals surface area contributed by atoms with Crippen LogP contribution < -0.4 is 20.7 Å². The number of nitrogens with zero attached hydrogens (tertiary/aromatic N) is 5. The molecule has 2 atom stereocenters. The van der Waals surface area contributed by atoms with Crippen molar-refractivity contribution in [2.75, 3.05) is 18.1 Å². The first-order valence-electron chi connectivity index (χ1n) is 10.6. The van der Waals surface area contributed by atoms with Gasteiger partial charge in [-0.2, -0.15) is 13.9 Å². The Kier molecular flexibility index (Phi) is 9.91. The van der Waals surface area contributed by atoms with E-state index in [0.29, 0.717) is 11.3 Å². The van der Waals surface area contributed by atoms with Crippen LogP contribution in [0.15, 0.2) is 57.3 Å². The molecule has 0 bridgehead atoms. The number of halogens is 1. The van der Waals surface area contributed by atoms with E-state index in [9.17, 15) is 19.5 Å². The summed E-state index contributed by atoms with van der Waals surface area (Å²) in [5.74, 6) is -2.50. The van der Waals surface area contributed by atoms with Crippen molar-refractivity contribution in [1.82, 2.24) is 19.6 Å². The van der Waals surface area contributed by atoms with E-state index in [1.54, 1.807) is 18.4 Å². The normalized spacial score (nSPS) is 19.2. The smallest absolute Gasteiger partial charge is 0.278 e. The number of thioether (sulfide) groups is 2. The van der Waals surface area contributed by atoms with Gasteiger partial charge in [-0.25, -0.2) is 0 Å². The number of nitrogen functional groups attached to an aromatic ring is 1. The number of pyridine rings is 1. The predicted octanol–water partition coefficient (Wildman–Crippen LogP) is 0.0133. The van der Waals surface area contributed by atoms with Crippen molar-refractivity contribution in [2.24, 2.45) is 12.2 Å². The number of hydrogen-bond donors (Lipinski definition) is 2. The van der Waals surface area contributed by atoms with Gasteiger partial charge in [-0.15, -0.1) is 35.7 Å². The van der Waals surface area contributed by atoms with Gasteiger partial charge in [-0.05, 0) is 41.8 Å². The third-order valence-corrected chi connectivity index (χ3v) is 7.88. The minimum atomic E-state index is -1.46. The number of oxime groups is 1. The summed E-state index contributed by atoms with van der Waals surface area (Å²) >= 11 is 3.63. The Morgan fingerprint density at radius 1 is 1.46 bits per heavy atom. The zero-order chi connectivity index (χ0) is 25.8. The highest BCUT2D eigenvalue weighted by atomic mass is 127. The second kappa shape index (κ2) is 12.7. The minimum absolute atomic E-state index is 0. The number of carbonyl (C=O) groups is 3. The summed E-state index contributed by atoms with van der Waals surface area (Å²) in [7, 11) is 1.90. The van der Waals surface area contributed by atoms with E-state index in [2.05, 4.69) is 19.8 Å². The number of anilines is 1. The van der Waals surface area contributed by atoms with E-state index in [1.807, 2.05) is 36.0 Å². The van der Waals surface area contributed by atoms with Gasteiger partial charge in [-0.3, -0.25) is 14.5 Å². The van der Waals surface area contributed by atoms with Crippen LogP contribution in [-0.2, 0) is 26.3 Å². The van der Waals surface area contributed by atoms with E-state index in [-0.39, 0.29) is 52.9 Å². The van der Waals surface area contributed by atoms with E-state index in [4.69, 9.17) is 10.6 Å². The molecule has 196 valence electrons. The maximum absolute atomic E-state index is 12.9. The fourth-order valence-electron chi connectivity index (χ4n) is 3.43. The molecule has 37 heavy (non-hydrogen) atoms. The number of fused-ring (bicyclic) bond motifs is 1. The van der Waals surface area contributed by atoms with Crippen molar-refractivity contribution in [3.8, 4) is 0 Å². The van der Waals surface area contributed by atoms with Crippen LogP contribution >= 0.6 is 59.0 Å². The van der Waals surface area contributed by atoms with Gasteiger partial charge in [0.25, 0.3) is 11.8 Å². The Morgan fingerprint density at radius 3 is 2.89 bits per heavy atom. The fraction of sp³-hybridized carbons (Fsp3) is 0.286. The zero-order valence-corrected chi connectivity index (χ0v) is 24.3. The molecule has 2 aliphatic rings. The minimum Gasteiger partial charge on any atom is -0.543 e. The van der Waals surface area contributed by atoms with Crippen LogP contribution in [0.5, 0.6) is 0 Å². The number of aromatic nitrogens is 3. The molecule has 1 fully saturated rings. The molecule has 0 radical (unpaired) electrons. The van der Waals surface area contributed by atoms with Crippen LogP contribution in [0, 0.1) is 0 Å². The van der Waals surface area contributed by atoms with Gasteiger partial charge >= 0.3 is 0 Å². The molecular formula is C21H22IN7O5S3. The lowest BCUT2D eigenvalue weighted by Crippen LogP contribution is -2.71. The monoisotopic (exact) mass is 675 g/mol. The Morgan fingerprint density at radius 2 is 2.24 bits per heavy atom. The molecule has 16 heteroatoms. The lowest BCUT2D eigenvalue weighted by Gasteiger charge is -2.50. The topological polar surface area (TPSA) is 167 Å². The number of aryl methyl sites for hydroxylation is 1. The van der Waals surface area contributed by atoms with Crippen molar-refractivity contribution in [3.05, 3.63) is 53.0 Å². The molecule has 2 aromatic heterocycles. The number of β-lactam (4-membered cyclic amide) rings is 1. The van der Waals surface area contributed by atoms with Crippen LogP contribution in [-0.4, -0.2) is 61.5 Å². The predicted molar refractivity (Wildman–Crippen MR) is 148 cm³/mol. The van der Waals surface area contributed by atoms with Crippen molar-refractivity contribution < 1.29 is 28.9 Å². The number of carboxylic acids is 1. The summed E-state index contributed by atoms with van der Waals surface area (Å²) in [6, 6.07) is 4.77. The van der Waals surface area contributed by atoms with E-state index >= 15 is 0 Å². The number of amides is 2. The van der Waals surface area contributed by atoms with E-state index < -0.39 is 29.2 Å². The molecule has 2 aliphatic heterocycles. The van der Waals surface area contributed by atoms with Crippen molar-refractivity contribution >= 4 is 87.7 Å². The number of rotatable bonds is 9. The van der Waals surface area contributed by atoms with Gasteiger partial charge in [0, 0.05) is 29.4 Å². The van der Waals surface area contributed by atoms with Gasteiger partial charge < -0.3 is 25.8 Å². The molecular weight excluding hydrogens is 653 g/mol. The third-order valence-electron chi connectivity index (χ3n) is 5.10. The summed E-state index contributed by atoms with van der Waals surface area (Å²) in [6.07, 6.45) is 3.57. The number of carbonyl (C=O) groups excluding carboxylic acids is 3. The summed E-state index contributed by atoms with van der Waals surface area (Å²) < 4.78 is 5.90. The van der Waals surface area contributed by atoms with Crippen LogP contribution in [0.3, 0.4) is 0 Å². The largest absolute Gasteiger partial charge is 0.543 e. The highest BCUT2D eigenvalue weighted by Gasteiger charge is 2.53. The Balaban J connectivity index is 0.00000380. The average Bonchev–Trinajstić information content (AvgIpc) is 3.29. The molecule has 0 aromatic carbocycles. The second-order valence-corrected chi connectivity index (χ2v) is 10.2. The number of nitrogens with two attached hydrogens (primary N) is 1. The summed E-state index contributed by atoms with van der Waals surface area (Å²) in [5.41, 5.74) is 5.61. The van der Waals surface area contributed by atoms with Crippen molar-refractivity contribution in [2.45, 2.75) is 23.4 Å². The molecule has 0 spiro atoms. The molecule has 3 N–H and O–H groups in total. The SMILES string of the molecule is CCON=C(C(=O)NC1C(=O)N2C(C(=O)[O-])=C(C=CSc3cccc[n+]3C)CS[C@H]12)c1nsc(N)n1.I. The Bertz CT molecular complexity index is 1300. The second-order valence-electron chi connectivity index (χ2n) is 7.41. The first kappa shape index (κ1) is 28.9. The van der Waals surface area contributed by atoms with Crippen LogP contribution in [0.2, 0.25) is 0 Å². The number of aliphatic carboxylic acids is 1. The Hall–Kier alpha value is -2.70. The van der Waals surface area contributed by atoms with E-state index in [0.717, 1.165) is 21.5 Å². The van der Waals surface area contributed by atoms with Gasteiger partial charge in [0.05, 0.1) is 11.7 Å². The quantitative estimate of drug-likeness (QED) is 0.0924. The third kappa shape index (κ3) is 6.24. The molecule has 12 nitrogen and oxygen atoms in total. The summed E-state index contributed by atoms with van der Waals surface area (Å²) in [5, 5.41) is 20.5. The molecule has 4 heterocycles. The fourth-order valence-corrected chi connectivity index (χ4v) is 5.94. The van der Waals surface area contributed by atoms with Gasteiger partial charge in [0.2, 0.25) is 16.6 Å². The molecule has 0 aliphatic carbocycles. The van der Waals surface area contributed by atoms with Gasteiger partial charge in [-0.1, -0.05) is 5.16 Å². The highest BCUT2D eigenvalue weighted by molar-refractivity contribution is 14.0. The van der Waals surface area contributed by atoms with Crippen LogP contribution in [0.25, 0.3) is 0 Å². The standard InChI is InChI=1S/C21H21N7O5S3.HI/c1-3-33-25-13(16-24-21(22)36-26-16)17(29)23-14-18(30)28-15(20(31)32)11(10-35-19(14)28)7-9-34-12-6-4-5-8-27(12)2;/h4-9,14,19H,3,10H2,1-2H3,(H3-,22,23,24,26,29,31,32);1H/t14?,19-;/m1./s1. The lowest BCUT2D eigenvalue weighted by molar-refractivity contribution is -0.708. The first-order valence-corrected chi connectivity index (χ1v) is 13.3.